The molecule has 0 radical (unpaired) electrons. The second kappa shape index (κ2) is 9.07. The topological polar surface area (TPSA) is 84.1 Å². The summed E-state index contributed by atoms with van der Waals surface area (Å²) in [6, 6.07) is 13.7. The number of hydrogen-bond acceptors (Lipinski definition) is 7. The number of aromatic nitrogens is 1. The number of anilines is 1. The van der Waals surface area contributed by atoms with E-state index in [1.54, 1.807) is 26.0 Å². The van der Waals surface area contributed by atoms with Crippen molar-refractivity contribution in [2.45, 2.75) is 19.9 Å². The highest BCUT2D eigenvalue weighted by molar-refractivity contribution is 7.07. The number of aromatic hydroxyl groups is 1. The number of phenolic OH excluding ortho intramolecular Hbond substituents is 1. The number of ether oxygens (including phenoxy) is 1. The molecule has 1 aliphatic rings. The van der Waals surface area contributed by atoms with E-state index in [1.807, 2.05) is 49.3 Å². The number of carbonyl (C=O) groups is 1. The Hall–Kier alpha value is -3.65. The molecule has 33 heavy (non-hydrogen) atoms. The number of esters is 1. The smallest absolute Gasteiger partial charge is 0.338 e. The Balaban J connectivity index is 1.90. The number of allylic oxidation sites excluding steroid dienone is 1. The molecule has 7 nitrogen and oxygen atoms in total. The van der Waals surface area contributed by atoms with Crippen LogP contribution in [0.3, 0.4) is 0 Å². The second-order valence-corrected chi connectivity index (χ2v) is 8.89. The molecule has 0 unspecified atom stereocenters. The summed E-state index contributed by atoms with van der Waals surface area (Å²) < 4.78 is 7.34. The van der Waals surface area contributed by atoms with Gasteiger partial charge >= 0.3 is 5.97 Å². The third-order valence-electron chi connectivity index (χ3n) is 5.43. The molecule has 1 N–H and O–H groups in total. The summed E-state index contributed by atoms with van der Waals surface area (Å²) in [5, 5.41) is 9.74. The zero-order valence-electron chi connectivity index (χ0n) is 18.9. The van der Waals surface area contributed by atoms with Crippen molar-refractivity contribution in [2.24, 2.45) is 4.99 Å². The molecule has 0 spiro atoms. The van der Waals surface area contributed by atoms with Gasteiger partial charge in [0, 0.05) is 19.8 Å². The molecule has 0 amide bonds. The molecule has 2 aromatic carbocycles. The number of nitrogens with zero attached hydrogens (tertiary/aromatic N) is 3. The highest BCUT2D eigenvalue weighted by Gasteiger charge is 2.33. The van der Waals surface area contributed by atoms with Gasteiger partial charge in [-0.3, -0.25) is 9.36 Å². The average Bonchev–Trinajstić information content (AvgIpc) is 3.08. The maximum Gasteiger partial charge on any atom is 0.338 e. The van der Waals surface area contributed by atoms with E-state index in [2.05, 4.69) is 4.99 Å². The van der Waals surface area contributed by atoms with Gasteiger partial charge < -0.3 is 14.7 Å². The fourth-order valence-electron chi connectivity index (χ4n) is 3.78. The maximum atomic E-state index is 13.5. The van der Waals surface area contributed by atoms with Crippen LogP contribution >= 0.6 is 11.3 Å². The van der Waals surface area contributed by atoms with Gasteiger partial charge in [-0.15, -0.1) is 0 Å². The van der Waals surface area contributed by atoms with Gasteiger partial charge in [-0.1, -0.05) is 35.6 Å². The van der Waals surface area contributed by atoms with E-state index in [0.717, 1.165) is 11.3 Å². The Bertz CT molecular complexity index is 1400. The lowest BCUT2D eigenvalue weighted by molar-refractivity contribution is -0.139. The van der Waals surface area contributed by atoms with Crippen LogP contribution in [-0.2, 0) is 9.53 Å². The van der Waals surface area contributed by atoms with Gasteiger partial charge in [-0.2, -0.15) is 0 Å². The zero-order chi connectivity index (χ0) is 23.7. The van der Waals surface area contributed by atoms with Crippen LogP contribution in [-0.4, -0.2) is 36.3 Å². The normalized spacial score (nSPS) is 15.8. The zero-order valence-corrected chi connectivity index (χ0v) is 19.7. The van der Waals surface area contributed by atoms with Gasteiger partial charge in [0.15, 0.2) is 4.80 Å². The fraction of sp³-hybridized carbons (Fsp3) is 0.240. The molecule has 0 saturated heterocycles. The van der Waals surface area contributed by atoms with Gasteiger partial charge in [-0.05, 0) is 55.3 Å². The predicted octanol–water partition coefficient (Wildman–Crippen LogP) is 2.57. The first-order chi connectivity index (χ1) is 15.8. The van der Waals surface area contributed by atoms with Crippen molar-refractivity contribution in [2.75, 3.05) is 25.6 Å². The Morgan fingerprint density at radius 1 is 1.18 bits per heavy atom. The van der Waals surface area contributed by atoms with Crippen molar-refractivity contribution in [3.8, 4) is 5.75 Å². The molecular weight excluding hydrogens is 438 g/mol. The molecule has 0 aliphatic carbocycles. The van der Waals surface area contributed by atoms with E-state index < -0.39 is 12.0 Å². The van der Waals surface area contributed by atoms with E-state index in [-0.39, 0.29) is 17.9 Å². The van der Waals surface area contributed by atoms with Crippen molar-refractivity contribution >= 4 is 29.1 Å². The number of rotatable bonds is 5. The Kier molecular flexibility index (Phi) is 6.20. The number of thiazole rings is 1. The molecule has 0 bridgehead atoms. The lowest BCUT2D eigenvalue weighted by atomic mass is 9.96. The molecule has 1 aromatic heterocycles. The Morgan fingerprint density at radius 2 is 1.85 bits per heavy atom. The van der Waals surface area contributed by atoms with Crippen molar-refractivity contribution in [1.29, 1.82) is 0 Å². The van der Waals surface area contributed by atoms with Crippen LogP contribution in [0.5, 0.6) is 5.75 Å². The largest absolute Gasteiger partial charge is 0.508 e. The first-order valence-electron chi connectivity index (χ1n) is 10.6. The molecule has 8 heteroatoms. The van der Waals surface area contributed by atoms with Crippen molar-refractivity contribution < 1.29 is 14.6 Å². The van der Waals surface area contributed by atoms with Gasteiger partial charge in [0.25, 0.3) is 5.56 Å². The minimum Gasteiger partial charge on any atom is -0.508 e. The van der Waals surface area contributed by atoms with Crippen LogP contribution in [0, 0.1) is 0 Å². The number of phenols is 1. The first-order valence-corrected chi connectivity index (χ1v) is 11.4. The fourth-order valence-corrected chi connectivity index (χ4v) is 4.83. The number of benzene rings is 2. The third-order valence-corrected chi connectivity index (χ3v) is 6.42. The molecule has 2 heterocycles. The summed E-state index contributed by atoms with van der Waals surface area (Å²) in [6.45, 7) is 3.70. The lowest BCUT2D eigenvalue weighted by Crippen LogP contribution is -2.39. The SMILES string of the molecule is CCOC(=O)C1=C(C)N=c2s/c(=C/c3ccc(N(C)C)cc3)c(=O)n2[C@H]1c1ccc(O)cc1. The van der Waals surface area contributed by atoms with Gasteiger partial charge in [0.05, 0.1) is 28.5 Å². The summed E-state index contributed by atoms with van der Waals surface area (Å²) in [7, 11) is 3.94. The van der Waals surface area contributed by atoms with Crippen LogP contribution in [0.25, 0.3) is 6.08 Å². The third kappa shape index (κ3) is 4.34. The highest BCUT2D eigenvalue weighted by Crippen LogP contribution is 2.31. The van der Waals surface area contributed by atoms with Crippen molar-refractivity contribution in [1.82, 2.24) is 4.57 Å². The lowest BCUT2D eigenvalue weighted by Gasteiger charge is -2.24. The molecule has 1 aliphatic heterocycles. The van der Waals surface area contributed by atoms with E-state index in [0.29, 0.717) is 26.2 Å². The average molecular weight is 464 g/mol. The van der Waals surface area contributed by atoms with Crippen LogP contribution in [0.15, 0.2) is 69.6 Å². The Labute approximate surface area is 195 Å². The summed E-state index contributed by atoms with van der Waals surface area (Å²) in [5.41, 5.74) is 3.24. The molecule has 1 atom stereocenters. The molecule has 170 valence electrons. The summed E-state index contributed by atoms with van der Waals surface area (Å²) in [6.07, 6.45) is 1.83. The van der Waals surface area contributed by atoms with Gasteiger partial charge in [0.2, 0.25) is 0 Å². The van der Waals surface area contributed by atoms with Gasteiger partial charge in [-0.25, -0.2) is 9.79 Å². The van der Waals surface area contributed by atoms with Gasteiger partial charge in [0.1, 0.15) is 5.75 Å². The molecular formula is C25H25N3O4S. The molecule has 4 rings (SSSR count). The number of fused-ring (bicyclic) bond motifs is 1. The minimum absolute atomic E-state index is 0.103. The minimum atomic E-state index is -0.695. The van der Waals surface area contributed by atoms with Crippen LogP contribution < -0.4 is 19.8 Å². The first kappa shape index (κ1) is 22.5. The maximum absolute atomic E-state index is 13.5. The molecule has 0 fully saturated rings. The number of carbonyl (C=O) groups excluding carboxylic acids is 1. The molecule has 0 saturated carbocycles. The van der Waals surface area contributed by atoms with Crippen LogP contribution in [0.2, 0.25) is 0 Å². The summed E-state index contributed by atoms with van der Waals surface area (Å²) in [4.78, 5) is 33.5. The van der Waals surface area contributed by atoms with Crippen LogP contribution in [0.4, 0.5) is 5.69 Å². The summed E-state index contributed by atoms with van der Waals surface area (Å²) in [5.74, 6) is -0.406. The summed E-state index contributed by atoms with van der Waals surface area (Å²) >= 11 is 1.28. The monoisotopic (exact) mass is 463 g/mol. The predicted molar refractivity (Wildman–Crippen MR) is 129 cm³/mol. The van der Waals surface area contributed by atoms with Crippen LogP contribution in [0.1, 0.15) is 31.0 Å². The van der Waals surface area contributed by atoms with E-state index >= 15 is 0 Å². The molecule has 3 aromatic rings. The van der Waals surface area contributed by atoms with E-state index in [1.165, 1.54) is 28.0 Å². The van der Waals surface area contributed by atoms with E-state index in [4.69, 9.17) is 4.74 Å². The standard InChI is InChI=1S/C25H25N3O4S/c1-5-32-24(31)21-15(2)26-25-28(22(21)17-8-12-19(29)13-9-17)23(30)20(33-25)14-16-6-10-18(11-7-16)27(3)4/h6-14,22,29H,5H2,1-4H3/b20-14+/t22-/m0/s1. The second-order valence-electron chi connectivity index (χ2n) is 7.88. The number of hydrogen-bond donors (Lipinski definition) is 1. The highest BCUT2D eigenvalue weighted by atomic mass is 32.1. The van der Waals surface area contributed by atoms with E-state index in [9.17, 15) is 14.7 Å². The Morgan fingerprint density at radius 3 is 2.45 bits per heavy atom. The van der Waals surface area contributed by atoms with Crippen molar-refractivity contribution in [3.05, 3.63) is 90.6 Å². The van der Waals surface area contributed by atoms with Crippen molar-refractivity contribution in [3.63, 3.8) is 0 Å². The quantitative estimate of drug-likeness (QED) is 0.588.